The smallest absolute Gasteiger partial charge is 0.198 e. The third kappa shape index (κ3) is 3.86. The summed E-state index contributed by atoms with van der Waals surface area (Å²) in [5.74, 6) is -4.40. The lowest BCUT2D eigenvalue weighted by Gasteiger charge is -2.25. The zero-order chi connectivity index (χ0) is 37.8. The summed E-state index contributed by atoms with van der Waals surface area (Å²) >= 11 is 0. The highest BCUT2D eigenvalue weighted by Crippen LogP contribution is 2.76. The first-order valence-electron chi connectivity index (χ1n) is 15.1. The Morgan fingerprint density at radius 2 is 1.33 bits per heavy atom. The summed E-state index contributed by atoms with van der Waals surface area (Å²) in [5, 5.41) is 77.8. The maximum atomic E-state index is 13.8. The summed E-state index contributed by atoms with van der Waals surface area (Å²) in [6, 6.07) is 20.5. The Hall–Kier alpha value is -7.04. The molecule has 4 atom stereocenters. The van der Waals surface area contributed by atoms with Crippen LogP contribution in [0.2, 0.25) is 5.31 Å². The molecule has 0 bridgehead atoms. The molecule has 7 rings (SSSR count). The third-order valence-electron chi connectivity index (χ3n) is 10.7. The van der Waals surface area contributed by atoms with Gasteiger partial charge in [-0.15, -0.1) is 0 Å². The number of benzene rings is 2. The molecule has 8 nitrogen and oxygen atoms in total. The maximum Gasteiger partial charge on any atom is 0.417 e. The minimum absolute atomic E-state index is 0.0320. The fourth-order valence-electron chi connectivity index (χ4n) is 8.45. The van der Waals surface area contributed by atoms with Crippen LogP contribution >= 0.6 is 0 Å². The number of hydrogen-bond acceptors (Lipinski definition) is 8. The summed E-state index contributed by atoms with van der Waals surface area (Å²) < 4.78 is 82.6. The Morgan fingerprint density at radius 3 is 1.83 bits per heavy atom. The molecule has 245 valence electrons. The molecule has 1 radical (unpaired) electrons. The van der Waals surface area contributed by atoms with Crippen LogP contribution in [0.1, 0.15) is 45.4 Å². The Kier molecular flexibility index (Phi) is 6.75. The Morgan fingerprint density at radius 1 is 0.712 bits per heavy atom. The fraction of sp³-hybridized carbons (Fsp3) is 0.243. The van der Waals surface area contributed by atoms with E-state index < -0.39 is 69.3 Å². The van der Waals surface area contributed by atoms with Gasteiger partial charge in [0.25, 0.3) is 0 Å². The van der Waals surface area contributed by atoms with E-state index in [1.54, 1.807) is 6.07 Å². The molecule has 15 heteroatoms. The van der Waals surface area contributed by atoms with Crippen molar-refractivity contribution in [2.45, 2.75) is 34.8 Å². The number of allylic oxidation sites excluding steroid dienone is 8. The average Bonchev–Trinajstić information content (AvgIpc) is 3.93. The van der Waals surface area contributed by atoms with Gasteiger partial charge < -0.3 is 0 Å². The Balaban J connectivity index is 1.53. The van der Waals surface area contributed by atoms with E-state index in [1.165, 1.54) is 31.6 Å². The second-order valence-electron chi connectivity index (χ2n) is 12.8. The van der Waals surface area contributed by atoms with Crippen LogP contribution in [0.15, 0.2) is 59.2 Å². The van der Waals surface area contributed by atoms with Crippen molar-refractivity contribution in [1.82, 2.24) is 0 Å². The molecule has 4 aliphatic carbocycles. The number of alkyl halides is 6. The first kappa shape index (κ1) is 33.5. The molecule has 1 heterocycles. The fourth-order valence-corrected chi connectivity index (χ4v) is 8.45. The van der Waals surface area contributed by atoms with Gasteiger partial charge in [0.15, 0.2) is 7.28 Å². The molecule has 1 saturated carbocycles. The number of nitrogens with zero attached hydrogens (tertiary/aromatic N) is 8. The minimum Gasteiger partial charge on any atom is -0.198 e. The Bertz CT molecular complexity index is 2550. The first-order valence-corrected chi connectivity index (χ1v) is 15.1. The predicted octanol–water partition coefficient (Wildman–Crippen LogP) is 6.92. The van der Waals surface area contributed by atoms with E-state index >= 15 is 0 Å². The van der Waals surface area contributed by atoms with Crippen LogP contribution in [0.25, 0.3) is 16.7 Å². The Labute approximate surface area is 291 Å². The molecule has 52 heavy (non-hydrogen) atoms. The van der Waals surface area contributed by atoms with Gasteiger partial charge in [-0.25, -0.2) is 0 Å². The monoisotopic (exact) mass is 693 g/mol. The van der Waals surface area contributed by atoms with E-state index in [2.05, 4.69) is 12.1 Å². The summed E-state index contributed by atoms with van der Waals surface area (Å²) in [6.07, 6.45) is -8.15. The quantitative estimate of drug-likeness (QED) is 0.239. The topological polar surface area (TPSA) is 190 Å². The van der Waals surface area contributed by atoms with Gasteiger partial charge in [0.05, 0.1) is 81.9 Å². The molecule has 2 spiro atoms. The van der Waals surface area contributed by atoms with Crippen molar-refractivity contribution >= 4 is 24.0 Å². The van der Waals surface area contributed by atoms with Gasteiger partial charge in [0.2, 0.25) is 0 Å². The molecular weight excluding hydrogens is 681 g/mol. The predicted molar refractivity (Wildman–Crippen MR) is 165 cm³/mol. The van der Waals surface area contributed by atoms with Crippen molar-refractivity contribution in [3.05, 3.63) is 98.1 Å². The number of halogens is 6. The molecule has 1 aliphatic heterocycles. The molecular formula is C37H12BF6N8. The van der Waals surface area contributed by atoms with Crippen LogP contribution < -0.4 is 0 Å². The molecule has 1 saturated heterocycles. The molecule has 0 aromatic heterocycles. The summed E-state index contributed by atoms with van der Waals surface area (Å²) in [6.45, 7) is 0. The van der Waals surface area contributed by atoms with E-state index in [4.69, 9.17) is 0 Å². The van der Waals surface area contributed by atoms with Crippen LogP contribution in [-0.4, -0.2) is 13.5 Å². The van der Waals surface area contributed by atoms with E-state index in [9.17, 15) is 68.4 Å². The van der Waals surface area contributed by atoms with Gasteiger partial charge >= 0.3 is 12.4 Å². The lowest BCUT2D eigenvalue weighted by atomic mass is 9.74. The molecule has 2 aromatic rings. The molecule has 5 aliphatic rings. The minimum atomic E-state index is -4.91. The van der Waals surface area contributed by atoms with Gasteiger partial charge in [-0.05, 0) is 75.2 Å². The van der Waals surface area contributed by atoms with Gasteiger partial charge in [0, 0.05) is 10.9 Å². The van der Waals surface area contributed by atoms with E-state index in [0.29, 0.717) is 6.07 Å². The third-order valence-corrected chi connectivity index (χ3v) is 10.7. The van der Waals surface area contributed by atoms with Crippen molar-refractivity contribution < 1.29 is 26.3 Å². The van der Waals surface area contributed by atoms with Crippen LogP contribution in [-0.2, 0) is 16.9 Å². The zero-order valence-electron chi connectivity index (χ0n) is 25.9. The molecule has 4 unspecified atom stereocenters. The number of rotatable bonds is 2. The van der Waals surface area contributed by atoms with Crippen molar-refractivity contribution in [3.8, 4) is 48.6 Å². The largest absolute Gasteiger partial charge is 0.417 e. The van der Waals surface area contributed by atoms with Crippen molar-refractivity contribution in [1.29, 1.82) is 42.1 Å². The summed E-state index contributed by atoms with van der Waals surface area (Å²) in [4.78, 5) is 0. The highest BCUT2D eigenvalue weighted by Gasteiger charge is 2.77. The lowest BCUT2D eigenvalue weighted by molar-refractivity contribution is -0.162. The second kappa shape index (κ2) is 10.5. The number of hydrogen-bond donors (Lipinski definition) is 0. The zero-order valence-corrected chi connectivity index (χ0v) is 25.9. The van der Waals surface area contributed by atoms with Crippen LogP contribution in [0.4, 0.5) is 26.3 Å². The normalized spacial score (nSPS) is 27.2. The van der Waals surface area contributed by atoms with Crippen molar-refractivity contribution in [2.75, 3.05) is 0 Å². The highest BCUT2D eigenvalue weighted by atomic mass is 19.4. The van der Waals surface area contributed by atoms with Gasteiger partial charge in [-0.1, -0.05) is 18.2 Å². The SMILES string of the molecule is N#CC1=CC(C2=C(C#N)c3cc4c(cc3C23C(C#N)C3C#N)C2([B]C2(C#N)C#N)C(c2ccc(C(F)(F)F)c(C#N)c2)=C4C#N)=CCC1C(F)(F)F. The van der Waals surface area contributed by atoms with Crippen LogP contribution in [0.3, 0.4) is 0 Å². The summed E-state index contributed by atoms with van der Waals surface area (Å²) in [7, 11) is 1.30. The number of fused-ring (bicyclic) bond motifs is 4. The first-order chi connectivity index (χ1) is 24.6. The summed E-state index contributed by atoms with van der Waals surface area (Å²) in [5.41, 5.74) is -4.14. The molecule has 0 amide bonds. The molecule has 0 N–H and O–H groups in total. The van der Waals surface area contributed by atoms with Crippen molar-refractivity contribution in [2.24, 2.45) is 17.8 Å². The van der Waals surface area contributed by atoms with Crippen LogP contribution in [0.5, 0.6) is 0 Å². The molecule has 2 fully saturated rings. The highest BCUT2D eigenvalue weighted by molar-refractivity contribution is 6.68. The van der Waals surface area contributed by atoms with E-state index in [0.717, 1.165) is 18.2 Å². The lowest BCUT2D eigenvalue weighted by Crippen LogP contribution is -2.26. The van der Waals surface area contributed by atoms with E-state index in [-0.39, 0.29) is 55.7 Å². The van der Waals surface area contributed by atoms with Gasteiger partial charge in [-0.3, -0.25) is 0 Å². The van der Waals surface area contributed by atoms with Gasteiger partial charge in [0.1, 0.15) is 17.5 Å². The van der Waals surface area contributed by atoms with Crippen LogP contribution in [0, 0.1) is 108 Å². The molecule has 2 aromatic carbocycles. The maximum absolute atomic E-state index is 13.8. The van der Waals surface area contributed by atoms with E-state index in [1.807, 2.05) is 24.3 Å². The number of nitriles is 8. The second-order valence-corrected chi connectivity index (χ2v) is 12.8. The van der Waals surface area contributed by atoms with Gasteiger partial charge in [-0.2, -0.15) is 68.4 Å². The standard InChI is InChI=1S/C37H12BF6N8/c39-36(40,41)25-3-1-17(5-19(25)9-45)31-23(11-47)21-7-22-24(12-48)32(18-2-4-26(37(42,43)44)20(6-18)10-46)35(33(15-51,16-52)38-35)28(22)8-27(21)34(31)29(13-49)30(34)14-50/h1-2,4-8,25,29-30H,3H2. The average molecular weight is 693 g/mol. The van der Waals surface area contributed by atoms with Crippen molar-refractivity contribution in [3.63, 3.8) is 0 Å².